The van der Waals surface area contributed by atoms with Crippen LogP contribution in [0.3, 0.4) is 0 Å². The summed E-state index contributed by atoms with van der Waals surface area (Å²) >= 11 is 5.53. The molecule has 4 nitrogen and oxygen atoms in total. The van der Waals surface area contributed by atoms with Crippen molar-refractivity contribution in [1.82, 2.24) is 0 Å². The molecule has 0 spiro atoms. The number of benzene rings is 1. The molecule has 7 heteroatoms. The second-order valence-electron chi connectivity index (χ2n) is 2.59. The Bertz CT molecular complexity index is 446. The van der Waals surface area contributed by atoms with Crippen molar-refractivity contribution in [2.75, 3.05) is 5.73 Å². The average molecular weight is 244 g/mol. The maximum absolute atomic E-state index is 10.6. The number of anilines is 1. The van der Waals surface area contributed by atoms with Crippen LogP contribution in [0, 0.1) is 6.92 Å². The third-order valence-corrected chi connectivity index (χ3v) is 2.89. The summed E-state index contributed by atoms with van der Waals surface area (Å²) < 4.78 is 31.9. The van der Waals surface area contributed by atoms with E-state index in [1.54, 1.807) is 6.92 Å². The quantitative estimate of drug-likeness (QED) is 0.356. The Hall–Kier alpha value is 0.220. The Morgan fingerprint density at radius 1 is 1.43 bits per heavy atom. The first-order valence-electron chi connectivity index (χ1n) is 3.34. The van der Waals surface area contributed by atoms with Crippen LogP contribution in [-0.2, 0) is 10.1 Å². The molecule has 2 N–H and O–H groups in total. The Morgan fingerprint density at radius 2 is 1.93 bits per heavy atom. The second kappa shape index (κ2) is 4.83. The predicted octanol–water partition coefficient (Wildman–Crippen LogP) is -1.86. The molecule has 0 saturated carbocycles. The van der Waals surface area contributed by atoms with Crippen molar-refractivity contribution in [3.8, 4) is 0 Å². The van der Waals surface area contributed by atoms with E-state index >= 15 is 0 Å². The van der Waals surface area contributed by atoms with Gasteiger partial charge >= 0.3 is 29.6 Å². The molecule has 0 aromatic heterocycles. The van der Waals surface area contributed by atoms with E-state index in [1.807, 2.05) is 0 Å². The zero-order valence-corrected chi connectivity index (χ0v) is 11.3. The largest absolute Gasteiger partial charge is 1.00 e. The maximum atomic E-state index is 10.6. The van der Waals surface area contributed by atoms with Crippen LogP contribution in [0.4, 0.5) is 5.69 Å². The number of halogens is 1. The van der Waals surface area contributed by atoms with Crippen LogP contribution >= 0.6 is 11.6 Å². The van der Waals surface area contributed by atoms with Crippen molar-refractivity contribution >= 4 is 27.4 Å². The first-order valence-corrected chi connectivity index (χ1v) is 5.12. The van der Waals surface area contributed by atoms with Crippen LogP contribution in [0.15, 0.2) is 17.0 Å². The standard InChI is InChI=1S/C7H8ClNO3S.Na/c1-4-2-7(13(10,11)12)5(8)3-6(4)9;/h2-3H,9H2,1H3,(H,10,11,12);/q;+1/p-1. The molecule has 1 aromatic carbocycles. The molecule has 0 radical (unpaired) electrons. The van der Waals surface area contributed by atoms with Gasteiger partial charge in [-0.1, -0.05) is 11.6 Å². The van der Waals surface area contributed by atoms with Gasteiger partial charge in [0.05, 0.1) is 9.92 Å². The van der Waals surface area contributed by atoms with Crippen LogP contribution < -0.4 is 35.3 Å². The van der Waals surface area contributed by atoms with Gasteiger partial charge < -0.3 is 10.3 Å². The maximum Gasteiger partial charge on any atom is 1.00 e. The number of aryl methyl sites for hydroxylation is 1. The van der Waals surface area contributed by atoms with Crippen molar-refractivity contribution in [2.45, 2.75) is 11.8 Å². The number of hydrogen-bond donors (Lipinski definition) is 1. The van der Waals surface area contributed by atoms with Gasteiger partial charge in [0.1, 0.15) is 10.1 Å². The molecule has 0 heterocycles. The summed E-state index contributed by atoms with van der Waals surface area (Å²) in [6.07, 6.45) is 0. The SMILES string of the molecule is Cc1cc(S(=O)(=O)[O-])c(Cl)cc1N.[Na+]. The van der Waals surface area contributed by atoms with Crippen LogP contribution in [0.5, 0.6) is 0 Å². The number of rotatable bonds is 1. The molecule has 0 saturated heterocycles. The van der Waals surface area contributed by atoms with E-state index in [-0.39, 0.29) is 34.6 Å². The Morgan fingerprint density at radius 3 is 2.36 bits per heavy atom. The van der Waals surface area contributed by atoms with Crippen molar-refractivity contribution in [2.24, 2.45) is 0 Å². The first kappa shape index (κ1) is 14.2. The molecule has 0 aliphatic rings. The summed E-state index contributed by atoms with van der Waals surface area (Å²) in [5.74, 6) is 0. The van der Waals surface area contributed by atoms with Gasteiger partial charge in [0.25, 0.3) is 0 Å². The van der Waals surface area contributed by atoms with Gasteiger partial charge in [-0.05, 0) is 24.6 Å². The molecule has 72 valence electrons. The van der Waals surface area contributed by atoms with E-state index in [1.165, 1.54) is 12.1 Å². The molecular formula is C7H7ClNNaO3S. The van der Waals surface area contributed by atoms with Crippen LogP contribution in [0.25, 0.3) is 0 Å². The summed E-state index contributed by atoms with van der Waals surface area (Å²) in [5, 5.41) is -0.141. The van der Waals surface area contributed by atoms with Crippen molar-refractivity contribution in [1.29, 1.82) is 0 Å². The second-order valence-corrected chi connectivity index (χ2v) is 4.35. The van der Waals surface area contributed by atoms with E-state index in [9.17, 15) is 13.0 Å². The van der Waals surface area contributed by atoms with Gasteiger partial charge in [0.2, 0.25) is 0 Å². The van der Waals surface area contributed by atoms with Gasteiger partial charge in [-0.15, -0.1) is 0 Å². The molecule has 0 amide bonds. The van der Waals surface area contributed by atoms with Gasteiger partial charge in [0.15, 0.2) is 0 Å². The van der Waals surface area contributed by atoms with Crippen molar-refractivity contribution in [3.05, 3.63) is 22.7 Å². The molecule has 0 atom stereocenters. The molecular weight excluding hydrogens is 237 g/mol. The minimum atomic E-state index is -4.51. The van der Waals surface area contributed by atoms with Crippen LogP contribution in [0.1, 0.15) is 5.56 Å². The van der Waals surface area contributed by atoms with Crippen LogP contribution in [0.2, 0.25) is 5.02 Å². The minimum Gasteiger partial charge on any atom is -0.744 e. The molecule has 1 aromatic rings. The van der Waals surface area contributed by atoms with E-state index in [2.05, 4.69) is 0 Å². The Balaban J connectivity index is 0.00000169. The molecule has 0 aliphatic heterocycles. The van der Waals surface area contributed by atoms with E-state index < -0.39 is 15.0 Å². The predicted molar refractivity (Wildman–Crippen MR) is 48.6 cm³/mol. The molecule has 1 rings (SSSR count). The van der Waals surface area contributed by atoms with Crippen molar-refractivity contribution in [3.63, 3.8) is 0 Å². The number of nitrogen functional groups attached to an aromatic ring is 1. The fraction of sp³-hybridized carbons (Fsp3) is 0.143. The third-order valence-electron chi connectivity index (χ3n) is 1.59. The van der Waals surface area contributed by atoms with E-state index in [0.29, 0.717) is 11.3 Å². The van der Waals surface area contributed by atoms with Gasteiger partial charge in [-0.2, -0.15) is 0 Å². The van der Waals surface area contributed by atoms with Gasteiger partial charge in [-0.3, -0.25) is 0 Å². The van der Waals surface area contributed by atoms with E-state index in [0.717, 1.165) is 0 Å². The fourth-order valence-corrected chi connectivity index (χ4v) is 1.94. The zero-order valence-electron chi connectivity index (χ0n) is 7.74. The van der Waals surface area contributed by atoms with Crippen LogP contribution in [-0.4, -0.2) is 13.0 Å². The zero-order chi connectivity index (χ0) is 10.2. The Kier molecular flexibility index (Phi) is 4.90. The summed E-state index contributed by atoms with van der Waals surface area (Å²) in [4.78, 5) is -0.430. The monoisotopic (exact) mass is 243 g/mol. The summed E-state index contributed by atoms with van der Waals surface area (Å²) in [5.41, 5.74) is 6.32. The molecule has 0 bridgehead atoms. The number of nitrogens with two attached hydrogens (primary N) is 1. The molecule has 14 heavy (non-hydrogen) atoms. The van der Waals surface area contributed by atoms with E-state index in [4.69, 9.17) is 17.3 Å². The molecule has 0 unspecified atom stereocenters. The topological polar surface area (TPSA) is 83.2 Å². The Labute approximate surface area is 109 Å². The summed E-state index contributed by atoms with van der Waals surface area (Å²) in [7, 11) is -4.51. The molecule has 0 aliphatic carbocycles. The third kappa shape index (κ3) is 3.12. The molecule has 0 fully saturated rings. The summed E-state index contributed by atoms with van der Waals surface area (Å²) in [6, 6.07) is 2.42. The van der Waals surface area contributed by atoms with Gasteiger partial charge in [-0.25, -0.2) is 8.42 Å². The fourth-order valence-electron chi connectivity index (χ4n) is 0.862. The first-order chi connectivity index (χ1) is 5.82. The van der Waals surface area contributed by atoms with Crippen molar-refractivity contribution < 1.29 is 42.5 Å². The number of hydrogen-bond acceptors (Lipinski definition) is 4. The summed E-state index contributed by atoms with van der Waals surface area (Å²) in [6.45, 7) is 1.60. The average Bonchev–Trinajstić information content (AvgIpc) is 1.94. The smallest absolute Gasteiger partial charge is 0.744 e. The van der Waals surface area contributed by atoms with Gasteiger partial charge in [0, 0.05) is 5.69 Å². The minimum absolute atomic E-state index is 0. The normalized spacial score (nSPS) is 10.8.